The number of pyridine rings is 1. The molecule has 1 aliphatic rings. The molecule has 2 amide bonds. The van der Waals surface area contributed by atoms with Crippen molar-refractivity contribution in [1.29, 1.82) is 0 Å². The fourth-order valence-corrected chi connectivity index (χ4v) is 3.83. The summed E-state index contributed by atoms with van der Waals surface area (Å²) in [6.07, 6.45) is -0.716. The van der Waals surface area contributed by atoms with Crippen LogP contribution in [0.5, 0.6) is 11.6 Å². The number of piperidine rings is 1. The molecule has 2 aromatic rings. The summed E-state index contributed by atoms with van der Waals surface area (Å²) in [5, 5.41) is 2.86. The number of nitrogens with zero attached hydrogens (tertiary/aromatic N) is 2. The van der Waals surface area contributed by atoms with Crippen molar-refractivity contribution in [3.8, 4) is 11.6 Å². The number of hydrogen-bond donors (Lipinski definition) is 1. The van der Waals surface area contributed by atoms with Crippen LogP contribution in [-0.4, -0.2) is 48.9 Å². The van der Waals surface area contributed by atoms with E-state index in [4.69, 9.17) is 9.47 Å². The van der Waals surface area contributed by atoms with Gasteiger partial charge in [0.15, 0.2) is 0 Å². The van der Waals surface area contributed by atoms with Crippen molar-refractivity contribution in [2.45, 2.75) is 32.9 Å². The standard InChI is InChI=1S/C25H30F3N3O3/c1-17(13-25(26,27)28)16-34-22-6-4-5-19(12-22)11-20-9-10-31(15-18(20)2)24(32)30-21-7-8-23(33-3)29-14-21/h4-8,11-12,14,17-18H,9-10,13,15-16H2,1-3H3,(H,30,32). The molecule has 0 radical (unpaired) electrons. The third-order valence-corrected chi connectivity index (χ3v) is 5.61. The van der Waals surface area contributed by atoms with Crippen molar-refractivity contribution in [1.82, 2.24) is 9.88 Å². The molecule has 0 bridgehead atoms. The highest BCUT2D eigenvalue weighted by Gasteiger charge is 2.30. The molecule has 0 saturated carbocycles. The Morgan fingerprint density at radius 1 is 1.32 bits per heavy atom. The van der Waals surface area contributed by atoms with Gasteiger partial charge in [0.05, 0.1) is 25.6 Å². The third kappa shape index (κ3) is 7.67. The highest BCUT2D eigenvalue weighted by molar-refractivity contribution is 5.89. The number of halogens is 3. The number of benzene rings is 1. The van der Waals surface area contributed by atoms with E-state index in [-0.39, 0.29) is 18.6 Å². The fourth-order valence-electron chi connectivity index (χ4n) is 3.83. The van der Waals surface area contributed by atoms with Crippen LogP contribution in [0.15, 0.2) is 48.2 Å². The van der Waals surface area contributed by atoms with Gasteiger partial charge in [-0.15, -0.1) is 0 Å². The number of ether oxygens (including phenoxy) is 2. The first-order valence-electron chi connectivity index (χ1n) is 11.2. The number of nitrogens with one attached hydrogen (secondary N) is 1. The molecule has 1 aromatic carbocycles. The average molecular weight is 478 g/mol. The van der Waals surface area contributed by atoms with Crippen molar-refractivity contribution >= 4 is 17.8 Å². The van der Waals surface area contributed by atoms with Crippen LogP contribution in [0.2, 0.25) is 0 Å². The number of alkyl halides is 3. The molecule has 6 nitrogen and oxygen atoms in total. The highest BCUT2D eigenvalue weighted by atomic mass is 19.4. The lowest BCUT2D eigenvalue weighted by molar-refractivity contribution is -0.145. The van der Waals surface area contributed by atoms with Crippen LogP contribution in [0.4, 0.5) is 23.7 Å². The Morgan fingerprint density at radius 2 is 2.12 bits per heavy atom. The van der Waals surface area contributed by atoms with Crippen LogP contribution >= 0.6 is 0 Å². The van der Waals surface area contributed by atoms with E-state index in [0.717, 1.165) is 12.0 Å². The topological polar surface area (TPSA) is 63.7 Å². The van der Waals surface area contributed by atoms with Crippen molar-refractivity contribution in [2.75, 3.05) is 32.1 Å². The molecule has 2 heterocycles. The van der Waals surface area contributed by atoms with Crippen molar-refractivity contribution in [3.05, 3.63) is 53.7 Å². The number of rotatable bonds is 7. The van der Waals surface area contributed by atoms with Gasteiger partial charge in [-0.05, 0) is 42.0 Å². The van der Waals surface area contributed by atoms with Crippen molar-refractivity contribution in [3.63, 3.8) is 0 Å². The quantitative estimate of drug-likeness (QED) is 0.530. The van der Waals surface area contributed by atoms with Crippen LogP contribution in [-0.2, 0) is 0 Å². The minimum atomic E-state index is -4.19. The predicted molar refractivity (Wildman–Crippen MR) is 125 cm³/mol. The second kappa shape index (κ2) is 11.3. The third-order valence-electron chi connectivity index (χ3n) is 5.61. The first-order valence-corrected chi connectivity index (χ1v) is 11.2. The minimum absolute atomic E-state index is 0.00370. The summed E-state index contributed by atoms with van der Waals surface area (Å²) >= 11 is 0. The van der Waals surface area contributed by atoms with Crippen LogP contribution in [0.3, 0.4) is 0 Å². The number of aromatic nitrogens is 1. The minimum Gasteiger partial charge on any atom is -0.493 e. The molecule has 1 fully saturated rings. The lowest BCUT2D eigenvalue weighted by atomic mass is 9.91. The Morgan fingerprint density at radius 3 is 2.76 bits per heavy atom. The largest absolute Gasteiger partial charge is 0.493 e. The lowest BCUT2D eigenvalue weighted by Gasteiger charge is -2.33. The van der Waals surface area contributed by atoms with Gasteiger partial charge in [-0.25, -0.2) is 9.78 Å². The molecular weight excluding hydrogens is 447 g/mol. The summed E-state index contributed by atoms with van der Waals surface area (Å²) in [4.78, 5) is 18.5. The number of carbonyl (C=O) groups excluding carboxylic acids is 1. The number of urea groups is 1. The van der Waals surface area contributed by atoms with Gasteiger partial charge in [0, 0.05) is 25.6 Å². The number of amides is 2. The smallest absolute Gasteiger partial charge is 0.389 e. The van der Waals surface area contributed by atoms with E-state index >= 15 is 0 Å². The van der Waals surface area contributed by atoms with Crippen LogP contribution < -0.4 is 14.8 Å². The fraction of sp³-hybridized carbons (Fsp3) is 0.440. The summed E-state index contributed by atoms with van der Waals surface area (Å²) in [6, 6.07) is 10.6. The van der Waals surface area contributed by atoms with Gasteiger partial charge in [-0.3, -0.25) is 0 Å². The van der Waals surface area contributed by atoms with Crippen LogP contribution in [0, 0.1) is 11.8 Å². The van der Waals surface area contributed by atoms with Gasteiger partial charge in [-0.1, -0.05) is 37.6 Å². The number of methoxy groups -OCH3 is 1. The zero-order chi connectivity index (χ0) is 24.7. The highest BCUT2D eigenvalue weighted by Crippen LogP contribution is 2.28. The van der Waals surface area contributed by atoms with Gasteiger partial charge in [0.1, 0.15) is 5.75 Å². The second-order valence-corrected chi connectivity index (χ2v) is 8.64. The van der Waals surface area contributed by atoms with Crippen molar-refractivity contribution in [2.24, 2.45) is 11.8 Å². The normalized spacial score (nSPS) is 18.5. The van der Waals surface area contributed by atoms with E-state index in [1.54, 1.807) is 29.3 Å². The summed E-state index contributed by atoms with van der Waals surface area (Å²) in [7, 11) is 1.53. The van der Waals surface area contributed by atoms with E-state index in [0.29, 0.717) is 30.4 Å². The molecule has 3 rings (SSSR count). The van der Waals surface area contributed by atoms with Crippen molar-refractivity contribution < 1.29 is 27.4 Å². The van der Waals surface area contributed by atoms with E-state index in [1.807, 2.05) is 18.2 Å². The molecule has 34 heavy (non-hydrogen) atoms. The maximum Gasteiger partial charge on any atom is 0.389 e. The Balaban J connectivity index is 1.55. The second-order valence-electron chi connectivity index (χ2n) is 8.64. The van der Waals surface area contributed by atoms with Crippen LogP contribution in [0.25, 0.3) is 6.08 Å². The molecule has 1 aromatic heterocycles. The number of hydrogen-bond acceptors (Lipinski definition) is 4. The molecule has 184 valence electrons. The molecule has 2 unspecified atom stereocenters. The maximum atomic E-state index is 12.6. The molecule has 2 atom stereocenters. The Labute approximate surface area is 197 Å². The maximum absolute atomic E-state index is 12.6. The van der Waals surface area contributed by atoms with Gasteiger partial charge in [-0.2, -0.15) is 13.2 Å². The number of carbonyl (C=O) groups is 1. The van der Waals surface area contributed by atoms with E-state index in [9.17, 15) is 18.0 Å². The predicted octanol–water partition coefficient (Wildman–Crippen LogP) is 6.01. The molecule has 0 spiro atoms. The molecule has 1 aliphatic heterocycles. The molecule has 9 heteroatoms. The molecule has 1 saturated heterocycles. The average Bonchev–Trinajstić information content (AvgIpc) is 2.78. The van der Waals surface area contributed by atoms with Gasteiger partial charge in [0.25, 0.3) is 0 Å². The zero-order valence-corrected chi connectivity index (χ0v) is 19.6. The Bertz CT molecular complexity index is 993. The number of anilines is 1. The monoisotopic (exact) mass is 477 g/mol. The first-order chi connectivity index (χ1) is 16.1. The molecular formula is C25H30F3N3O3. The lowest BCUT2D eigenvalue weighted by Crippen LogP contribution is -2.42. The Hall–Kier alpha value is -3.23. The zero-order valence-electron chi connectivity index (χ0n) is 19.6. The molecule has 0 aliphatic carbocycles. The Kier molecular flexibility index (Phi) is 8.41. The summed E-state index contributed by atoms with van der Waals surface area (Å²) in [5.41, 5.74) is 2.73. The van der Waals surface area contributed by atoms with E-state index in [1.165, 1.54) is 19.6 Å². The van der Waals surface area contributed by atoms with E-state index in [2.05, 4.69) is 23.3 Å². The summed E-state index contributed by atoms with van der Waals surface area (Å²) in [5.74, 6) is 0.557. The van der Waals surface area contributed by atoms with Crippen LogP contribution in [0.1, 0.15) is 32.3 Å². The number of likely N-dealkylation sites (tertiary alicyclic amines) is 1. The van der Waals surface area contributed by atoms with E-state index < -0.39 is 18.5 Å². The summed E-state index contributed by atoms with van der Waals surface area (Å²) in [6.45, 7) is 4.75. The molecule has 1 N–H and O–H groups in total. The van der Waals surface area contributed by atoms with Gasteiger partial charge < -0.3 is 19.7 Å². The van der Waals surface area contributed by atoms with Gasteiger partial charge in [0.2, 0.25) is 5.88 Å². The SMILES string of the molecule is COc1ccc(NC(=O)N2CCC(=Cc3cccc(OCC(C)CC(F)(F)F)c3)C(C)C2)cn1. The van der Waals surface area contributed by atoms with Gasteiger partial charge >= 0.3 is 12.2 Å². The summed E-state index contributed by atoms with van der Waals surface area (Å²) < 4.78 is 48.1. The first kappa shape index (κ1) is 25.4.